The Morgan fingerprint density at radius 1 is 1.30 bits per heavy atom. The van der Waals surface area contributed by atoms with Crippen molar-refractivity contribution in [1.29, 1.82) is 0 Å². The van der Waals surface area contributed by atoms with Gasteiger partial charge < -0.3 is 20.3 Å². The van der Waals surface area contributed by atoms with Gasteiger partial charge >= 0.3 is 0 Å². The van der Waals surface area contributed by atoms with E-state index in [4.69, 9.17) is 4.74 Å². The molecule has 30 heavy (non-hydrogen) atoms. The van der Waals surface area contributed by atoms with Gasteiger partial charge in [0.25, 0.3) is 0 Å². The third kappa shape index (κ3) is 7.79. The van der Waals surface area contributed by atoms with E-state index < -0.39 is 0 Å². The van der Waals surface area contributed by atoms with Crippen LogP contribution in [0.5, 0.6) is 5.75 Å². The zero-order chi connectivity index (χ0) is 21.4. The summed E-state index contributed by atoms with van der Waals surface area (Å²) in [7, 11) is 7.86. The van der Waals surface area contributed by atoms with Crippen LogP contribution >= 0.6 is 24.0 Å². The molecule has 0 fully saturated rings. The van der Waals surface area contributed by atoms with Crippen LogP contribution in [0.25, 0.3) is 0 Å². The molecule has 2 aromatic rings. The first-order valence-corrected chi connectivity index (χ1v) is 10.2. The zero-order valence-corrected chi connectivity index (χ0v) is 21.6. The highest BCUT2D eigenvalue weighted by Gasteiger charge is 2.16. The molecule has 0 aliphatic rings. The van der Waals surface area contributed by atoms with Gasteiger partial charge in [-0.25, -0.2) is 0 Å². The molecule has 1 aromatic heterocycles. The first-order chi connectivity index (χ1) is 13.8. The van der Waals surface area contributed by atoms with E-state index >= 15 is 0 Å². The molecule has 0 aliphatic heterocycles. The van der Waals surface area contributed by atoms with Gasteiger partial charge in [-0.3, -0.25) is 9.67 Å². The molecule has 2 unspecified atom stereocenters. The standard InChI is InChI=1S/C22H36N6O.HI/c1-8-17(3)29-21-11-16(2)9-10-18(21)12-24-22(23-4)25-14-20(27(5)6)19-13-26-28(7)15-19;/h9-11,13,15,17,20H,8,12,14H2,1-7H3,(H2,23,24,25);1H. The summed E-state index contributed by atoms with van der Waals surface area (Å²) in [5, 5.41) is 11.1. The molecule has 0 bridgehead atoms. The smallest absolute Gasteiger partial charge is 0.191 e. The van der Waals surface area contributed by atoms with E-state index in [2.05, 4.69) is 78.7 Å². The third-order valence-corrected chi connectivity index (χ3v) is 4.99. The number of ether oxygens (including phenoxy) is 1. The second-order valence-corrected chi connectivity index (χ2v) is 7.68. The Kier molecular flexibility index (Phi) is 11.2. The fourth-order valence-electron chi connectivity index (χ4n) is 3.02. The molecule has 0 amide bonds. The molecule has 1 heterocycles. The van der Waals surface area contributed by atoms with Crippen LogP contribution < -0.4 is 15.4 Å². The summed E-state index contributed by atoms with van der Waals surface area (Å²) < 4.78 is 7.94. The minimum absolute atomic E-state index is 0. The SMILES string of the molecule is CCC(C)Oc1cc(C)ccc1CNC(=NC)NCC(c1cnn(C)c1)N(C)C.I. The molecule has 1 aromatic carbocycles. The molecular weight excluding hydrogens is 491 g/mol. The number of aryl methyl sites for hydroxylation is 2. The maximum Gasteiger partial charge on any atom is 0.191 e. The lowest BCUT2D eigenvalue weighted by Gasteiger charge is -2.25. The lowest BCUT2D eigenvalue weighted by atomic mass is 10.1. The van der Waals surface area contributed by atoms with E-state index in [0.717, 1.165) is 30.2 Å². The van der Waals surface area contributed by atoms with E-state index in [1.54, 1.807) is 7.05 Å². The summed E-state index contributed by atoms with van der Waals surface area (Å²) in [6, 6.07) is 6.53. The zero-order valence-electron chi connectivity index (χ0n) is 19.3. The van der Waals surface area contributed by atoms with Crippen LogP contribution in [0.15, 0.2) is 35.6 Å². The van der Waals surface area contributed by atoms with Crippen molar-refractivity contribution in [2.24, 2.45) is 12.0 Å². The number of nitrogens with one attached hydrogen (secondary N) is 2. The Hall–Kier alpha value is -1.81. The number of guanidine groups is 1. The number of halogens is 1. The normalized spacial score (nSPS) is 13.5. The summed E-state index contributed by atoms with van der Waals surface area (Å²) in [6.07, 6.45) is 5.12. The predicted octanol–water partition coefficient (Wildman–Crippen LogP) is 3.49. The fraction of sp³-hybridized carbons (Fsp3) is 0.545. The third-order valence-electron chi connectivity index (χ3n) is 4.99. The van der Waals surface area contributed by atoms with Crippen molar-refractivity contribution < 1.29 is 4.74 Å². The Labute approximate surface area is 198 Å². The summed E-state index contributed by atoms with van der Waals surface area (Å²) in [5.74, 6) is 1.69. The predicted molar refractivity (Wildman–Crippen MR) is 135 cm³/mol. The van der Waals surface area contributed by atoms with Crippen LogP contribution in [0.3, 0.4) is 0 Å². The van der Waals surface area contributed by atoms with Gasteiger partial charge in [-0.2, -0.15) is 5.10 Å². The number of hydrogen-bond donors (Lipinski definition) is 2. The Morgan fingerprint density at radius 3 is 2.60 bits per heavy atom. The molecule has 0 spiro atoms. The first-order valence-electron chi connectivity index (χ1n) is 10.2. The lowest BCUT2D eigenvalue weighted by Crippen LogP contribution is -2.41. The van der Waals surface area contributed by atoms with Crippen molar-refractivity contribution in [3.05, 3.63) is 47.3 Å². The van der Waals surface area contributed by atoms with E-state index in [1.807, 2.05) is 24.1 Å². The number of nitrogens with zero attached hydrogens (tertiary/aromatic N) is 4. The largest absolute Gasteiger partial charge is 0.490 e. The monoisotopic (exact) mass is 528 g/mol. The molecule has 0 saturated carbocycles. The highest BCUT2D eigenvalue weighted by atomic mass is 127. The summed E-state index contributed by atoms with van der Waals surface area (Å²) in [4.78, 5) is 6.55. The van der Waals surface area contributed by atoms with Crippen molar-refractivity contribution in [2.45, 2.75) is 45.9 Å². The van der Waals surface area contributed by atoms with E-state index in [9.17, 15) is 0 Å². The molecule has 2 rings (SSSR count). The van der Waals surface area contributed by atoms with Gasteiger partial charge in [0.15, 0.2) is 5.96 Å². The van der Waals surface area contributed by atoms with E-state index in [-0.39, 0.29) is 36.1 Å². The van der Waals surface area contributed by atoms with Crippen LogP contribution in [0.1, 0.15) is 43.0 Å². The van der Waals surface area contributed by atoms with Crippen LogP contribution in [-0.4, -0.2) is 54.4 Å². The molecule has 2 N–H and O–H groups in total. The summed E-state index contributed by atoms with van der Waals surface area (Å²) >= 11 is 0. The number of rotatable bonds is 9. The van der Waals surface area contributed by atoms with Crippen molar-refractivity contribution in [1.82, 2.24) is 25.3 Å². The number of hydrogen-bond acceptors (Lipinski definition) is 4. The second-order valence-electron chi connectivity index (χ2n) is 7.68. The van der Waals surface area contributed by atoms with Crippen LogP contribution in [0.4, 0.5) is 0 Å². The maximum atomic E-state index is 6.12. The fourth-order valence-corrected chi connectivity index (χ4v) is 3.02. The Bertz CT molecular complexity index is 805. The van der Waals surface area contributed by atoms with E-state index in [0.29, 0.717) is 6.54 Å². The van der Waals surface area contributed by atoms with Crippen molar-refractivity contribution in [3.8, 4) is 5.75 Å². The summed E-state index contributed by atoms with van der Waals surface area (Å²) in [6.45, 7) is 7.68. The average Bonchev–Trinajstić information content (AvgIpc) is 3.11. The molecule has 8 heteroatoms. The van der Waals surface area contributed by atoms with Gasteiger partial charge in [-0.05, 0) is 46.0 Å². The van der Waals surface area contributed by atoms with Gasteiger partial charge in [0.2, 0.25) is 0 Å². The van der Waals surface area contributed by atoms with Crippen molar-refractivity contribution in [3.63, 3.8) is 0 Å². The van der Waals surface area contributed by atoms with E-state index in [1.165, 1.54) is 11.1 Å². The van der Waals surface area contributed by atoms with Gasteiger partial charge in [0.1, 0.15) is 5.75 Å². The number of benzene rings is 1. The van der Waals surface area contributed by atoms with Gasteiger partial charge in [-0.1, -0.05) is 19.1 Å². The highest BCUT2D eigenvalue weighted by Crippen LogP contribution is 2.22. The quantitative estimate of drug-likeness (QED) is 0.297. The molecule has 2 atom stereocenters. The minimum atomic E-state index is 0. The van der Waals surface area contributed by atoms with Gasteiger partial charge in [0, 0.05) is 44.5 Å². The Morgan fingerprint density at radius 2 is 2.03 bits per heavy atom. The molecular formula is C22H37IN6O. The highest BCUT2D eigenvalue weighted by molar-refractivity contribution is 14.0. The van der Waals surface area contributed by atoms with Gasteiger partial charge in [-0.15, -0.1) is 24.0 Å². The number of aromatic nitrogens is 2. The molecule has 0 radical (unpaired) electrons. The molecule has 7 nitrogen and oxygen atoms in total. The number of likely N-dealkylation sites (N-methyl/N-ethyl adjacent to an activating group) is 1. The maximum absolute atomic E-state index is 6.12. The van der Waals surface area contributed by atoms with Gasteiger partial charge in [0.05, 0.1) is 18.3 Å². The molecule has 168 valence electrons. The van der Waals surface area contributed by atoms with Crippen LogP contribution in [-0.2, 0) is 13.6 Å². The van der Waals surface area contributed by atoms with Crippen molar-refractivity contribution >= 4 is 29.9 Å². The second kappa shape index (κ2) is 12.8. The average molecular weight is 528 g/mol. The Balaban J connectivity index is 0.00000450. The minimum Gasteiger partial charge on any atom is -0.490 e. The van der Waals surface area contributed by atoms with Crippen LogP contribution in [0, 0.1) is 6.92 Å². The van der Waals surface area contributed by atoms with Crippen LogP contribution in [0.2, 0.25) is 0 Å². The lowest BCUT2D eigenvalue weighted by molar-refractivity contribution is 0.215. The number of aliphatic imine (C=N–C) groups is 1. The topological polar surface area (TPSA) is 66.7 Å². The van der Waals surface area contributed by atoms with Crippen molar-refractivity contribution in [2.75, 3.05) is 27.7 Å². The first kappa shape index (κ1) is 26.2. The molecule has 0 saturated heterocycles. The summed E-state index contributed by atoms with van der Waals surface area (Å²) in [5.41, 5.74) is 3.48. The molecule has 0 aliphatic carbocycles.